The van der Waals surface area contributed by atoms with Crippen LogP contribution in [0.3, 0.4) is 0 Å². The van der Waals surface area contributed by atoms with E-state index in [0.717, 1.165) is 77.0 Å². The minimum Gasteiger partial charge on any atom is -0.457 e. The zero-order chi connectivity index (χ0) is 44.8. The first-order chi connectivity index (χ1) is 29.6. The lowest BCUT2D eigenvalue weighted by Crippen LogP contribution is -2.37. The number of rotatable bonds is 42. The average Bonchev–Trinajstić information content (AvgIpc) is 3.22. The molecule has 0 aromatic rings. The molecule has 0 fully saturated rings. The molecule has 2 unspecified atom stereocenters. The summed E-state index contributed by atoms with van der Waals surface area (Å²) in [6, 6.07) is 0. The molecule has 0 aromatic carbocycles. The Kier molecular flexibility index (Phi) is 41.8. The van der Waals surface area contributed by atoms with Crippen LogP contribution >= 0.6 is 7.82 Å². The molecule has 0 bridgehead atoms. The molecular weight excluding hydrogens is 782 g/mol. The molecule has 0 heterocycles. The van der Waals surface area contributed by atoms with Crippen LogP contribution in [0.1, 0.15) is 155 Å². The molecule has 0 spiro atoms. The summed E-state index contributed by atoms with van der Waals surface area (Å²) in [6.45, 7) is 5.32. The van der Waals surface area contributed by atoms with Gasteiger partial charge in [-0.3, -0.25) is 13.8 Å². The summed E-state index contributed by atoms with van der Waals surface area (Å²) in [5.74, 6) is -0.403. The van der Waals surface area contributed by atoms with Crippen LogP contribution in [0.15, 0.2) is 109 Å². The smallest absolute Gasteiger partial charge is 0.457 e. The first-order valence-corrected chi connectivity index (χ1v) is 25.1. The number of quaternary nitrogens is 1. The topological polar surface area (TPSA) is 91.3 Å². The van der Waals surface area contributed by atoms with Gasteiger partial charge < -0.3 is 18.9 Å². The first-order valence-electron chi connectivity index (χ1n) is 23.6. The Bertz CT molecular complexity index is 1340. The fourth-order valence-electron chi connectivity index (χ4n) is 5.70. The summed E-state index contributed by atoms with van der Waals surface area (Å²) < 4.78 is 35.0. The van der Waals surface area contributed by atoms with Crippen LogP contribution in [0.25, 0.3) is 0 Å². The lowest BCUT2D eigenvalue weighted by Gasteiger charge is -2.24. The third-order valence-electron chi connectivity index (χ3n) is 9.33. The number of phosphoric acid groups is 1. The lowest BCUT2D eigenvalue weighted by molar-refractivity contribution is -0.870. The maximum atomic E-state index is 12.7. The molecule has 0 aliphatic heterocycles. The fraction of sp³-hybridized carbons (Fsp3) is 0.635. The Morgan fingerprint density at radius 1 is 0.525 bits per heavy atom. The lowest BCUT2D eigenvalue weighted by atomic mass is 10.1. The summed E-state index contributed by atoms with van der Waals surface area (Å²) in [6.07, 6.45) is 61.4. The fourth-order valence-corrected chi connectivity index (χ4v) is 6.44. The molecule has 2 atom stereocenters. The van der Waals surface area contributed by atoms with Gasteiger partial charge in [-0.25, -0.2) is 4.57 Å². The van der Waals surface area contributed by atoms with Crippen molar-refractivity contribution in [3.63, 3.8) is 0 Å². The Balaban J connectivity index is 4.37. The van der Waals surface area contributed by atoms with Crippen LogP contribution in [0.2, 0.25) is 0 Å². The summed E-state index contributed by atoms with van der Waals surface area (Å²) >= 11 is 0. The zero-order valence-corrected chi connectivity index (χ0v) is 40.2. The summed E-state index contributed by atoms with van der Waals surface area (Å²) in [4.78, 5) is 22.9. The molecule has 0 saturated heterocycles. The molecule has 8 nitrogen and oxygen atoms in total. The van der Waals surface area contributed by atoms with E-state index in [9.17, 15) is 14.3 Å². The normalized spacial score (nSPS) is 14.7. The monoisotopic (exact) mass is 871 g/mol. The van der Waals surface area contributed by atoms with E-state index < -0.39 is 19.9 Å². The van der Waals surface area contributed by atoms with Crippen LogP contribution in [-0.4, -0.2) is 75.6 Å². The molecule has 0 aliphatic rings. The van der Waals surface area contributed by atoms with E-state index >= 15 is 0 Å². The van der Waals surface area contributed by atoms with Crippen LogP contribution in [0.5, 0.6) is 0 Å². The van der Waals surface area contributed by atoms with Gasteiger partial charge in [0.2, 0.25) is 0 Å². The standard InChI is InChI=1S/C52H88NO7P/c1-6-8-10-12-14-16-18-20-22-24-26-28-30-32-34-36-38-40-42-44-47-57-49-51(50-59-61(55,56)58-48-46-53(3,4)5)60-52(54)45-43-41-39-37-35-33-31-29-27-25-23-21-19-17-15-13-11-9-7-2/h9,11,14-17,20-23,26-29,33,35,39,41,51H,6-8,10,12-13,18-19,24-25,30-32,34,36-38,40,42-50H2,1-5H3/p+1/b11-9-,16-14-,17-15-,22-20-,23-21-,28-26-,29-27-,35-33-,41-39-. The van der Waals surface area contributed by atoms with E-state index in [1.54, 1.807) is 0 Å². The summed E-state index contributed by atoms with van der Waals surface area (Å²) in [5, 5.41) is 0. The Morgan fingerprint density at radius 3 is 1.43 bits per heavy atom. The molecule has 9 heteroatoms. The quantitative estimate of drug-likeness (QED) is 0.0215. The molecule has 0 radical (unpaired) electrons. The van der Waals surface area contributed by atoms with E-state index in [-0.39, 0.29) is 26.2 Å². The molecule has 0 aromatic heterocycles. The van der Waals surface area contributed by atoms with E-state index in [0.29, 0.717) is 24.1 Å². The molecule has 0 rings (SSSR count). The molecule has 1 N–H and O–H groups in total. The zero-order valence-electron chi connectivity index (χ0n) is 39.4. The number of unbranched alkanes of at least 4 members (excludes halogenated alkanes) is 10. The second kappa shape index (κ2) is 43.8. The third kappa shape index (κ3) is 48.1. The predicted octanol–water partition coefficient (Wildman–Crippen LogP) is 14.4. The average molecular weight is 871 g/mol. The number of hydrogen-bond acceptors (Lipinski definition) is 6. The Morgan fingerprint density at radius 2 is 0.951 bits per heavy atom. The molecule has 0 aliphatic carbocycles. The number of carbonyl (C=O) groups is 1. The van der Waals surface area contributed by atoms with Crippen molar-refractivity contribution in [3.05, 3.63) is 109 Å². The van der Waals surface area contributed by atoms with Gasteiger partial charge in [0.05, 0.1) is 34.4 Å². The number of hydrogen-bond donors (Lipinski definition) is 1. The highest BCUT2D eigenvalue weighted by Gasteiger charge is 2.26. The third-order valence-corrected chi connectivity index (χ3v) is 10.3. The highest BCUT2D eigenvalue weighted by molar-refractivity contribution is 7.47. The van der Waals surface area contributed by atoms with Crippen molar-refractivity contribution in [1.29, 1.82) is 0 Å². The number of esters is 1. The van der Waals surface area contributed by atoms with E-state index in [2.05, 4.69) is 111 Å². The van der Waals surface area contributed by atoms with Gasteiger partial charge in [-0.15, -0.1) is 0 Å². The Hall–Kier alpha value is -2.84. The molecule has 0 saturated carbocycles. The number of likely N-dealkylation sites (N-methyl/N-ethyl adjacent to an activating group) is 1. The van der Waals surface area contributed by atoms with Crippen molar-refractivity contribution in [2.45, 2.75) is 161 Å². The van der Waals surface area contributed by atoms with Crippen molar-refractivity contribution in [2.75, 3.05) is 54.1 Å². The Labute approximate surface area is 374 Å². The van der Waals surface area contributed by atoms with Gasteiger partial charge in [0.25, 0.3) is 0 Å². The molecule has 61 heavy (non-hydrogen) atoms. The van der Waals surface area contributed by atoms with Gasteiger partial charge in [-0.05, 0) is 89.9 Å². The van der Waals surface area contributed by atoms with Crippen molar-refractivity contribution < 1.29 is 37.3 Å². The van der Waals surface area contributed by atoms with Crippen LogP contribution in [-0.2, 0) is 27.9 Å². The van der Waals surface area contributed by atoms with Gasteiger partial charge in [0.15, 0.2) is 0 Å². The highest BCUT2D eigenvalue weighted by atomic mass is 31.2. The largest absolute Gasteiger partial charge is 0.472 e. The van der Waals surface area contributed by atoms with Crippen molar-refractivity contribution in [1.82, 2.24) is 0 Å². The minimum absolute atomic E-state index is 0.0663. The number of ether oxygens (including phenoxy) is 2. The summed E-state index contributed by atoms with van der Waals surface area (Å²) in [7, 11) is 1.59. The minimum atomic E-state index is -4.31. The van der Waals surface area contributed by atoms with Crippen molar-refractivity contribution >= 4 is 13.8 Å². The first kappa shape index (κ1) is 58.2. The van der Waals surface area contributed by atoms with Crippen molar-refractivity contribution in [3.8, 4) is 0 Å². The van der Waals surface area contributed by atoms with Gasteiger partial charge in [0.1, 0.15) is 19.3 Å². The van der Waals surface area contributed by atoms with Gasteiger partial charge in [-0.2, -0.15) is 0 Å². The molecular formula is C52H89NO7P+. The van der Waals surface area contributed by atoms with E-state index in [1.165, 1.54) is 51.4 Å². The van der Waals surface area contributed by atoms with E-state index in [4.69, 9.17) is 18.5 Å². The van der Waals surface area contributed by atoms with Crippen LogP contribution in [0.4, 0.5) is 0 Å². The maximum absolute atomic E-state index is 12.7. The number of carbonyl (C=O) groups excluding carboxylic acids is 1. The van der Waals surface area contributed by atoms with Crippen LogP contribution in [0, 0.1) is 0 Å². The van der Waals surface area contributed by atoms with Crippen LogP contribution < -0.4 is 0 Å². The second-order valence-corrected chi connectivity index (χ2v) is 17.9. The van der Waals surface area contributed by atoms with Gasteiger partial charge >= 0.3 is 13.8 Å². The number of nitrogens with zero attached hydrogens (tertiary/aromatic N) is 1. The van der Waals surface area contributed by atoms with Gasteiger partial charge in [-0.1, -0.05) is 168 Å². The predicted molar refractivity (Wildman–Crippen MR) is 261 cm³/mol. The molecule has 348 valence electrons. The van der Waals surface area contributed by atoms with E-state index in [1.807, 2.05) is 33.3 Å². The summed E-state index contributed by atoms with van der Waals surface area (Å²) in [5.41, 5.74) is 0. The SMILES string of the molecule is CC/C=C\C/C=C\C/C=C\C/C=C\C/C=C\C/C=C\CCC(=O)OC(COCCCCCCCCC/C=C\C/C=C\C/C=C\CCCCC)COP(=O)(O)OCC[N+](C)(C)C. The van der Waals surface area contributed by atoms with Gasteiger partial charge in [0, 0.05) is 13.0 Å². The molecule has 0 amide bonds. The highest BCUT2D eigenvalue weighted by Crippen LogP contribution is 2.43. The second-order valence-electron chi connectivity index (χ2n) is 16.4. The number of allylic oxidation sites excluding steroid dienone is 18. The number of phosphoric ester groups is 1. The maximum Gasteiger partial charge on any atom is 0.472 e. The van der Waals surface area contributed by atoms with Crippen molar-refractivity contribution in [2.24, 2.45) is 0 Å².